The number of hydrogen-bond acceptors (Lipinski definition) is 1. The molecule has 0 bridgehead atoms. The van der Waals surface area contributed by atoms with E-state index in [0.29, 0.717) is 6.61 Å². The zero-order valence-electron chi connectivity index (χ0n) is 11.7. The van der Waals surface area contributed by atoms with Gasteiger partial charge in [-0.1, -0.05) is 57.9 Å². The molecule has 2 rings (SSSR count). The van der Waals surface area contributed by atoms with Crippen LogP contribution in [0.3, 0.4) is 0 Å². The van der Waals surface area contributed by atoms with Gasteiger partial charge in [-0.05, 0) is 43.0 Å². The van der Waals surface area contributed by atoms with E-state index >= 15 is 0 Å². The van der Waals surface area contributed by atoms with Crippen molar-refractivity contribution in [2.75, 3.05) is 0 Å². The lowest BCUT2D eigenvalue weighted by atomic mass is 10.1. The van der Waals surface area contributed by atoms with Crippen LogP contribution in [0.5, 0.6) is 5.75 Å². The monoisotopic (exact) mass is 318 g/mol. The summed E-state index contributed by atoms with van der Waals surface area (Å²) >= 11 is 3.49. The third-order valence-corrected chi connectivity index (χ3v) is 3.79. The molecule has 0 saturated carbocycles. The SMILES string of the molecule is Cc1cccc(COc2c(C)cc(CBr)cc2C)c1. The van der Waals surface area contributed by atoms with Crippen molar-refractivity contribution in [1.82, 2.24) is 0 Å². The Hall–Kier alpha value is -1.28. The van der Waals surface area contributed by atoms with Gasteiger partial charge in [0.05, 0.1) is 0 Å². The summed E-state index contributed by atoms with van der Waals surface area (Å²) in [6.07, 6.45) is 0. The minimum atomic E-state index is 0.622. The van der Waals surface area contributed by atoms with Gasteiger partial charge < -0.3 is 4.74 Å². The molecule has 0 aliphatic carbocycles. The molecular weight excluding hydrogens is 300 g/mol. The van der Waals surface area contributed by atoms with Gasteiger partial charge in [0, 0.05) is 5.33 Å². The van der Waals surface area contributed by atoms with Crippen molar-refractivity contribution in [2.24, 2.45) is 0 Å². The number of aryl methyl sites for hydroxylation is 3. The van der Waals surface area contributed by atoms with Crippen LogP contribution in [0.1, 0.15) is 27.8 Å². The normalized spacial score (nSPS) is 10.5. The summed E-state index contributed by atoms with van der Waals surface area (Å²) in [5, 5.41) is 0.882. The van der Waals surface area contributed by atoms with Crippen LogP contribution in [-0.4, -0.2) is 0 Å². The Morgan fingerprint density at radius 2 is 1.63 bits per heavy atom. The predicted octanol–water partition coefficient (Wildman–Crippen LogP) is 5.09. The first-order valence-electron chi connectivity index (χ1n) is 6.44. The summed E-state index contributed by atoms with van der Waals surface area (Å²) in [6.45, 7) is 6.93. The van der Waals surface area contributed by atoms with Gasteiger partial charge in [0.2, 0.25) is 0 Å². The highest BCUT2D eigenvalue weighted by molar-refractivity contribution is 9.08. The molecule has 2 aromatic carbocycles. The summed E-state index contributed by atoms with van der Waals surface area (Å²) in [7, 11) is 0. The third-order valence-electron chi connectivity index (χ3n) is 3.14. The van der Waals surface area contributed by atoms with E-state index in [1.54, 1.807) is 0 Å². The highest BCUT2D eigenvalue weighted by atomic mass is 79.9. The van der Waals surface area contributed by atoms with Crippen molar-refractivity contribution in [2.45, 2.75) is 32.7 Å². The molecule has 0 heterocycles. The van der Waals surface area contributed by atoms with E-state index in [0.717, 1.165) is 11.1 Å². The van der Waals surface area contributed by atoms with Crippen LogP contribution in [0.2, 0.25) is 0 Å². The maximum Gasteiger partial charge on any atom is 0.125 e. The quantitative estimate of drug-likeness (QED) is 0.714. The molecule has 0 amide bonds. The standard InChI is InChI=1S/C17H19BrO/c1-12-5-4-6-15(7-12)11-19-17-13(2)8-16(10-18)9-14(17)3/h4-9H,10-11H2,1-3H3. The zero-order chi connectivity index (χ0) is 13.8. The molecule has 100 valence electrons. The Morgan fingerprint density at radius 3 is 2.21 bits per heavy atom. The van der Waals surface area contributed by atoms with Gasteiger partial charge in [-0.2, -0.15) is 0 Å². The van der Waals surface area contributed by atoms with Crippen molar-refractivity contribution < 1.29 is 4.74 Å². The van der Waals surface area contributed by atoms with Crippen LogP contribution < -0.4 is 4.74 Å². The Labute approximate surface area is 123 Å². The summed E-state index contributed by atoms with van der Waals surface area (Å²) in [4.78, 5) is 0. The molecule has 0 spiro atoms. The molecule has 0 unspecified atom stereocenters. The Morgan fingerprint density at radius 1 is 0.947 bits per heavy atom. The smallest absolute Gasteiger partial charge is 0.125 e. The molecular formula is C17H19BrO. The zero-order valence-corrected chi connectivity index (χ0v) is 13.3. The Kier molecular flexibility index (Phi) is 4.65. The van der Waals surface area contributed by atoms with Crippen LogP contribution in [-0.2, 0) is 11.9 Å². The second-order valence-corrected chi connectivity index (χ2v) is 5.53. The van der Waals surface area contributed by atoms with E-state index in [-0.39, 0.29) is 0 Å². The van der Waals surface area contributed by atoms with E-state index in [9.17, 15) is 0 Å². The van der Waals surface area contributed by atoms with Crippen molar-refractivity contribution in [3.8, 4) is 5.75 Å². The van der Waals surface area contributed by atoms with Gasteiger partial charge in [0.1, 0.15) is 12.4 Å². The average molecular weight is 319 g/mol. The van der Waals surface area contributed by atoms with Crippen LogP contribution in [0.15, 0.2) is 36.4 Å². The number of halogens is 1. The fourth-order valence-corrected chi connectivity index (χ4v) is 2.63. The van der Waals surface area contributed by atoms with Crippen LogP contribution >= 0.6 is 15.9 Å². The molecule has 1 nitrogen and oxygen atoms in total. The van der Waals surface area contributed by atoms with Crippen molar-refractivity contribution >= 4 is 15.9 Å². The van der Waals surface area contributed by atoms with E-state index in [1.165, 1.54) is 27.8 Å². The molecule has 2 heteroatoms. The van der Waals surface area contributed by atoms with E-state index < -0.39 is 0 Å². The number of benzene rings is 2. The van der Waals surface area contributed by atoms with Gasteiger partial charge in [-0.15, -0.1) is 0 Å². The lowest BCUT2D eigenvalue weighted by molar-refractivity contribution is 0.302. The third kappa shape index (κ3) is 3.60. The minimum absolute atomic E-state index is 0.622. The largest absolute Gasteiger partial charge is 0.488 e. The summed E-state index contributed by atoms with van der Waals surface area (Å²) in [5.74, 6) is 1.01. The fraction of sp³-hybridized carbons (Fsp3) is 0.294. The van der Waals surface area contributed by atoms with Crippen molar-refractivity contribution in [3.63, 3.8) is 0 Å². The lowest BCUT2D eigenvalue weighted by Crippen LogP contribution is -2.00. The lowest BCUT2D eigenvalue weighted by Gasteiger charge is -2.14. The molecule has 0 radical (unpaired) electrons. The summed E-state index contributed by atoms with van der Waals surface area (Å²) < 4.78 is 5.99. The van der Waals surface area contributed by atoms with Crippen molar-refractivity contribution in [1.29, 1.82) is 0 Å². The van der Waals surface area contributed by atoms with E-state index in [4.69, 9.17) is 4.74 Å². The van der Waals surface area contributed by atoms with Crippen molar-refractivity contribution in [3.05, 3.63) is 64.2 Å². The second-order valence-electron chi connectivity index (χ2n) is 4.97. The predicted molar refractivity (Wildman–Crippen MR) is 84.1 cm³/mol. The molecule has 2 aromatic rings. The molecule has 0 saturated heterocycles. The molecule has 0 aromatic heterocycles. The van der Waals surface area contributed by atoms with Crippen LogP contribution in [0.4, 0.5) is 0 Å². The van der Waals surface area contributed by atoms with Gasteiger partial charge >= 0.3 is 0 Å². The second kappa shape index (κ2) is 6.25. The highest BCUT2D eigenvalue weighted by Crippen LogP contribution is 2.26. The van der Waals surface area contributed by atoms with Gasteiger partial charge in [0.25, 0.3) is 0 Å². The molecule has 19 heavy (non-hydrogen) atoms. The molecule has 0 aliphatic heterocycles. The van der Waals surface area contributed by atoms with Gasteiger partial charge in [-0.3, -0.25) is 0 Å². The number of rotatable bonds is 4. The molecule has 0 atom stereocenters. The Balaban J connectivity index is 2.16. The van der Waals surface area contributed by atoms with Crippen LogP contribution in [0, 0.1) is 20.8 Å². The Bertz CT molecular complexity index is 552. The van der Waals surface area contributed by atoms with Gasteiger partial charge in [-0.25, -0.2) is 0 Å². The fourth-order valence-electron chi connectivity index (χ4n) is 2.30. The van der Waals surface area contributed by atoms with Crippen LogP contribution in [0.25, 0.3) is 0 Å². The molecule has 0 fully saturated rings. The topological polar surface area (TPSA) is 9.23 Å². The van der Waals surface area contributed by atoms with E-state index in [1.807, 2.05) is 0 Å². The molecule has 0 N–H and O–H groups in total. The maximum atomic E-state index is 5.99. The first-order chi connectivity index (χ1) is 9.10. The number of alkyl halides is 1. The number of ether oxygens (including phenoxy) is 1. The molecule has 0 aliphatic rings. The van der Waals surface area contributed by atoms with Gasteiger partial charge in [0.15, 0.2) is 0 Å². The first kappa shape index (κ1) is 14.1. The maximum absolute atomic E-state index is 5.99. The van der Waals surface area contributed by atoms with E-state index in [2.05, 4.69) is 73.1 Å². The summed E-state index contributed by atoms with van der Waals surface area (Å²) in [6, 6.07) is 12.8. The first-order valence-corrected chi connectivity index (χ1v) is 7.56. The highest BCUT2D eigenvalue weighted by Gasteiger charge is 2.06. The number of hydrogen-bond donors (Lipinski definition) is 0. The minimum Gasteiger partial charge on any atom is -0.488 e. The summed E-state index contributed by atoms with van der Waals surface area (Å²) in [5.41, 5.74) is 6.16. The average Bonchev–Trinajstić information content (AvgIpc) is 2.37.